The first-order chi connectivity index (χ1) is 14.3. The van der Waals surface area contributed by atoms with Gasteiger partial charge in [-0.05, 0) is 56.4 Å². The number of amides is 2. The largest absolute Gasteiger partial charge is 0.352 e. The van der Waals surface area contributed by atoms with Crippen molar-refractivity contribution >= 4 is 23.6 Å². The lowest BCUT2D eigenvalue weighted by atomic mass is 10.1. The number of carbonyl (C=O) groups excluding carboxylic acids is 2. The quantitative estimate of drug-likeness (QED) is 0.590. The van der Waals surface area contributed by atoms with Crippen LogP contribution in [0.3, 0.4) is 0 Å². The Bertz CT molecular complexity index is 851. The number of rotatable bonds is 10. The normalized spacial score (nSPS) is 11.9. The van der Waals surface area contributed by atoms with Gasteiger partial charge in [-0.2, -0.15) is 0 Å². The second kappa shape index (κ2) is 11.8. The van der Waals surface area contributed by atoms with Gasteiger partial charge in [-0.1, -0.05) is 55.5 Å². The van der Waals surface area contributed by atoms with E-state index >= 15 is 0 Å². The van der Waals surface area contributed by atoms with Crippen molar-refractivity contribution in [3.05, 3.63) is 70.8 Å². The molecule has 0 aliphatic heterocycles. The van der Waals surface area contributed by atoms with E-state index in [0.717, 1.165) is 16.9 Å². The van der Waals surface area contributed by atoms with Crippen molar-refractivity contribution in [1.82, 2.24) is 10.2 Å². The Morgan fingerprint density at radius 2 is 1.53 bits per heavy atom. The molecule has 0 saturated carbocycles. The highest BCUT2D eigenvalue weighted by Gasteiger charge is 2.29. The molecular weight excluding hydrogens is 392 g/mol. The maximum Gasteiger partial charge on any atom is 0.243 e. The molecule has 0 saturated heterocycles. The fraction of sp³-hybridized carbons (Fsp3) is 0.440. The fourth-order valence-corrected chi connectivity index (χ4v) is 4.36. The molecule has 5 heteroatoms. The number of thioether (sulfide) groups is 1. The third-order valence-electron chi connectivity index (χ3n) is 5.16. The summed E-state index contributed by atoms with van der Waals surface area (Å²) in [6, 6.07) is 15.9. The maximum atomic E-state index is 13.2. The summed E-state index contributed by atoms with van der Waals surface area (Å²) in [6.07, 6.45) is 0.582. The monoisotopic (exact) mass is 426 g/mol. The van der Waals surface area contributed by atoms with Crippen molar-refractivity contribution < 1.29 is 9.59 Å². The Kier molecular flexibility index (Phi) is 9.44. The number of benzene rings is 2. The molecule has 0 aromatic heterocycles. The number of aryl methyl sites for hydroxylation is 2. The van der Waals surface area contributed by atoms with Crippen molar-refractivity contribution in [3.63, 3.8) is 0 Å². The van der Waals surface area contributed by atoms with Gasteiger partial charge in [0.2, 0.25) is 11.8 Å². The molecule has 0 spiro atoms. The van der Waals surface area contributed by atoms with Crippen LogP contribution < -0.4 is 5.32 Å². The highest BCUT2D eigenvalue weighted by Crippen LogP contribution is 2.20. The van der Waals surface area contributed by atoms with Crippen molar-refractivity contribution in [2.24, 2.45) is 0 Å². The van der Waals surface area contributed by atoms with E-state index in [4.69, 9.17) is 0 Å². The Morgan fingerprint density at radius 1 is 0.967 bits per heavy atom. The lowest BCUT2D eigenvalue weighted by molar-refractivity contribution is -0.139. The van der Waals surface area contributed by atoms with Gasteiger partial charge in [-0.15, -0.1) is 11.8 Å². The molecule has 4 nitrogen and oxygen atoms in total. The lowest BCUT2D eigenvalue weighted by Crippen LogP contribution is -2.51. The van der Waals surface area contributed by atoms with Crippen LogP contribution in [-0.4, -0.2) is 34.6 Å². The summed E-state index contributed by atoms with van der Waals surface area (Å²) < 4.78 is 0. The molecule has 30 heavy (non-hydrogen) atoms. The van der Waals surface area contributed by atoms with Gasteiger partial charge in [0.25, 0.3) is 0 Å². The molecule has 0 heterocycles. The third kappa shape index (κ3) is 6.91. The van der Waals surface area contributed by atoms with Gasteiger partial charge in [0.15, 0.2) is 0 Å². The summed E-state index contributed by atoms with van der Waals surface area (Å²) in [7, 11) is 0. The molecule has 1 N–H and O–H groups in total. The van der Waals surface area contributed by atoms with Crippen LogP contribution in [0.2, 0.25) is 0 Å². The van der Waals surface area contributed by atoms with Crippen LogP contribution in [0, 0.1) is 13.8 Å². The summed E-state index contributed by atoms with van der Waals surface area (Å²) in [5, 5.41) is 2.98. The maximum absolute atomic E-state index is 13.2. The highest BCUT2D eigenvalue weighted by atomic mass is 32.2. The second-order valence-corrected chi connectivity index (χ2v) is 8.94. The van der Waals surface area contributed by atoms with Crippen LogP contribution in [0.4, 0.5) is 0 Å². The summed E-state index contributed by atoms with van der Waals surface area (Å²) in [4.78, 5) is 27.8. The van der Waals surface area contributed by atoms with Crippen molar-refractivity contribution in [3.8, 4) is 0 Å². The van der Waals surface area contributed by atoms with Crippen molar-refractivity contribution in [2.75, 3.05) is 5.75 Å². The molecule has 0 fully saturated rings. The van der Waals surface area contributed by atoms with Gasteiger partial charge in [0.1, 0.15) is 6.04 Å². The number of nitrogens with one attached hydrogen (secondary N) is 1. The average Bonchev–Trinajstić information content (AvgIpc) is 2.70. The van der Waals surface area contributed by atoms with Crippen LogP contribution >= 0.6 is 11.8 Å². The van der Waals surface area contributed by atoms with E-state index < -0.39 is 6.04 Å². The smallest absolute Gasteiger partial charge is 0.243 e. The molecular formula is C25H34N2O2S. The third-order valence-corrected chi connectivity index (χ3v) is 6.13. The van der Waals surface area contributed by atoms with Crippen molar-refractivity contribution in [1.29, 1.82) is 0 Å². The van der Waals surface area contributed by atoms with Crippen LogP contribution in [0.25, 0.3) is 0 Å². The predicted octanol–water partition coefficient (Wildman–Crippen LogP) is 4.87. The first kappa shape index (κ1) is 24.0. The average molecular weight is 427 g/mol. The molecule has 0 aliphatic rings. The van der Waals surface area contributed by atoms with Gasteiger partial charge >= 0.3 is 0 Å². The van der Waals surface area contributed by atoms with Gasteiger partial charge in [0, 0.05) is 18.3 Å². The first-order valence-corrected chi connectivity index (χ1v) is 11.8. The molecule has 2 aromatic rings. The van der Waals surface area contributed by atoms with Crippen LogP contribution in [0.15, 0.2) is 48.5 Å². The highest BCUT2D eigenvalue weighted by molar-refractivity contribution is 7.99. The van der Waals surface area contributed by atoms with E-state index in [2.05, 4.69) is 24.4 Å². The van der Waals surface area contributed by atoms with Crippen LogP contribution in [-0.2, 0) is 21.9 Å². The minimum Gasteiger partial charge on any atom is -0.352 e. The molecule has 0 aliphatic carbocycles. The molecule has 0 bridgehead atoms. The van der Waals surface area contributed by atoms with Gasteiger partial charge < -0.3 is 10.2 Å². The summed E-state index contributed by atoms with van der Waals surface area (Å²) in [5.74, 6) is 1.05. The molecule has 1 atom stereocenters. The lowest BCUT2D eigenvalue weighted by Gasteiger charge is -2.31. The van der Waals surface area contributed by atoms with E-state index in [1.807, 2.05) is 64.1 Å². The van der Waals surface area contributed by atoms with E-state index in [0.29, 0.717) is 18.7 Å². The van der Waals surface area contributed by atoms with E-state index in [1.165, 1.54) is 11.1 Å². The zero-order valence-electron chi connectivity index (χ0n) is 18.8. The Hall–Kier alpha value is -2.27. The molecule has 2 aromatic carbocycles. The molecule has 162 valence electrons. The number of nitrogens with zero attached hydrogens (tertiary/aromatic N) is 1. The molecule has 0 unspecified atom stereocenters. The minimum absolute atomic E-state index is 0.00240. The molecule has 0 radical (unpaired) electrons. The Balaban J connectivity index is 2.16. The first-order valence-electron chi connectivity index (χ1n) is 10.6. The van der Waals surface area contributed by atoms with E-state index in [1.54, 1.807) is 16.7 Å². The zero-order chi connectivity index (χ0) is 22.1. The Morgan fingerprint density at radius 3 is 2.07 bits per heavy atom. The molecule has 2 rings (SSSR count). The van der Waals surface area contributed by atoms with Gasteiger partial charge in [-0.25, -0.2) is 0 Å². The standard InChI is InChI=1S/C25H34N2O2S/c1-6-23(25(29)26-18(2)3)27(15-21-13-9-7-11-19(21)4)24(28)17-30-16-22-14-10-8-12-20(22)5/h7-14,18,23H,6,15-17H2,1-5H3,(H,26,29)/t23-/m1/s1. The summed E-state index contributed by atoms with van der Waals surface area (Å²) >= 11 is 1.60. The SMILES string of the molecule is CC[C@H](C(=O)NC(C)C)N(Cc1ccccc1C)C(=O)CSCc1ccccc1C. The number of carbonyl (C=O) groups is 2. The van der Waals surface area contributed by atoms with E-state index in [9.17, 15) is 9.59 Å². The number of hydrogen-bond donors (Lipinski definition) is 1. The van der Waals surface area contributed by atoms with Crippen LogP contribution in [0.1, 0.15) is 49.4 Å². The summed E-state index contributed by atoms with van der Waals surface area (Å²) in [6.45, 7) is 10.4. The predicted molar refractivity (Wildman–Crippen MR) is 126 cm³/mol. The zero-order valence-corrected chi connectivity index (χ0v) is 19.6. The van der Waals surface area contributed by atoms with E-state index in [-0.39, 0.29) is 17.9 Å². The minimum atomic E-state index is -0.474. The number of hydrogen-bond acceptors (Lipinski definition) is 3. The Labute approximate surface area is 185 Å². The summed E-state index contributed by atoms with van der Waals surface area (Å²) in [5.41, 5.74) is 4.68. The van der Waals surface area contributed by atoms with Gasteiger partial charge in [0.05, 0.1) is 5.75 Å². The topological polar surface area (TPSA) is 49.4 Å². The van der Waals surface area contributed by atoms with Crippen LogP contribution in [0.5, 0.6) is 0 Å². The van der Waals surface area contributed by atoms with Gasteiger partial charge in [-0.3, -0.25) is 9.59 Å². The second-order valence-electron chi connectivity index (χ2n) is 7.95. The fourth-order valence-electron chi connectivity index (χ4n) is 3.37. The molecule has 2 amide bonds. The van der Waals surface area contributed by atoms with Crippen molar-refractivity contribution in [2.45, 2.75) is 65.4 Å².